The minimum Gasteiger partial charge on any atom is -0.325 e. The van der Waals surface area contributed by atoms with Gasteiger partial charge in [0, 0.05) is 17.3 Å². The first-order valence-corrected chi connectivity index (χ1v) is 10.3. The van der Waals surface area contributed by atoms with Gasteiger partial charge < -0.3 is 5.32 Å². The first-order chi connectivity index (χ1) is 13.2. The molecule has 1 fully saturated rings. The van der Waals surface area contributed by atoms with Crippen molar-refractivity contribution in [3.8, 4) is 5.69 Å². The number of benzene rings is 2. The molecule has 5 nitrogen and oxygen atoms in total. The SMILES string of the molecule is CCc1ccc(NC(=O)CSc2nnc(C3CC3)n2-c2ccccc2)cc1. The second-order valence-corrected chi connectivity index (χ2v) is 7.62. The van der Waals surface area contributed by atoms with E-state index < -0.39 is 0 Å². The third kappa shape index (κ3) is 4.22. The van der Waals surface area contributed by atoms with Crippen molar-refractivity contribution in [1.29, 1.82) is 0 Å². The molecule has 1 heterocycles. The fraction of sp³-hybridized carbons (Fsp3) is 0.286. The first kappa shape index (κ1) is 17.8. The van der Waals surface area contributed by atoms with Gasteiger partial charge in [-0.3, -0.25) is 9.36 Å². The molecule has 3 aromatic rings. The molecule has 1 amide bonds. The minimum atomic E-state index is -0.0418. The van der Waals surface area contributed by atoms with E-state index in [2.05, 4.69) is 39.1 Å². The third-order valence-electron chi connectivity index (χ3n) is 4.59. The van der Waals surface area contributed by atoms with E-state index in [1.165, 1.54) is 17.3 Å². The van der Waals surface area contributed by atoms with Crippen LogP contribution in [0.1, 0.15) is 37.1 Å². The predicted molar refractivity (Wildman–Crippen MR) is 109 cm³/mol. The Balaban J connectivity index is 1.45. The Hall–Kier alpha value is -2.60. The summed E-state index contributed by atoms with van der Waals surface area (Å²) in [5, 5.41) is 12.5. The molecular formula is C21H22N4OS. The Bertz CT molecular complexity index is 917. The maximum Gasteiger partial charge on any atom is 0.234 e. The van der Waals surface area contributed by atoms with Crippen LogP contribution >= 0.6 is 11.8 Å². The standard InChI is InChI=1S/C21H22N4OS/c1-2-15-8-12-17(13-9-15)22-19(26)14-27-21-24-23-20(16-10-11-16)25(21)18-6-4-3-5-7-18/h3-9,12-13,16H,2,10-11,14H2,1H3,(H,22,26). The summed E-state index contributed by atoms with van der Waals surface area (Å²) in [4.78, 5) is 12.4. The lowest BCUT2D eigenvalue weighted by Crippen LogP contribution is -2.14. The van der Waals surface area contributed by atoms with Crippen molar-refractivity contribution in [1.82, 2.24) is 14.8 Å². The molecule has 1 aromatic heterocycles. The van der Waals surface area contributed by atoms with Gasteiger partial charge >= 0.3 is 0 Å². The van der Waals surface area contributed by atoms with Crippen LogP contribution in [0.2, 0.25) is 0 Å². The molecule has 138 valence electrons. The summed E-state index contributed by atoms with van der Waals surface area (Å²) in [6.45, 7) is 2.11. The van der Waals surface area contributed by atoms with E-state index in [9.17, 15) is 4.79 Å². The Kier molecular flexibility index (Phi) is 5.25. The molecule has 0 bridgehead atoms. The Labute approximate surface area is 163 Å². The van der Waals surface area contributed by atoms with Crippen LogP contribution in [0.4, 0.5) is 5.69 Å². The largest absolute Gasteiger partial charge is 0.325 e. The second-order valence-electron chi connectivity index (χ2n) is 6.67. The lowest BCUT2D eigenvalue weighted by Gasteiger charge is -2.10. The number of aryl methyl sites for hydroxylation is 1. The number of rotatable bonds is 7. The van der Waals surface area contributed by atoms with Gasteiger partial charge in [-0.2, -0.15) is 0 Å². The quantitative estimate of drug-likeness (QED) is 0.618. The number of carbonyl (C=O) groups is 1. The summed E-state index contributed by atoms with van der Waals surface area (Å²) >= 11 is 1.42. The van der Waals surface area contributed by atoms with Crippen molar-refractivity contribution in [2.75, 3.05) is 11.1 Å². The van der Waals surface area contributed by atoms with Crippen molar-refractivity contribution < 1.29 is 4.79 Å². The topological polar surface area (TPSA) is 59.8 Å². The third-order valence-corrected chi connectivity index (χ3v) is 5.52. The zero-order chi connectivity index (χ0) is 18.6. The molecule has 27 heavy (non-hydrogen) atoms. The highest BCUT2D eigenvalue weighted by Gasteiger charge is 2.31. The molecule has 1 saturated carbocycles. The summed E-state index contributed by atoms with van der Waals surface area (Å²) in [5.41, 5.74) is 3.12. The number of anilines is 1. The monoisotopic (exact) mass is 378 g/mol. The lowest BCUT2D eigenvalue weighted by molar-refractivity contribution is -0.113. The molecule has 0 unspecified atom stereocenters. The smallest absolute Gasteiger partial charge is 0.234 e. The van der Waals surface area contributed by atoms with Crippen LogP contribution in [0.25, 0.3) is 5.69 Å². The summed E-state index contributed by atoms with van der Waals surface area (Å²) in [6.07, 6.45) is 3.30. The van der Waals surface area contributed by atoms with Crippen molar-refractivity contribution in [3.05, 3.63) is 66.0 Å². The Morgan fingerprint density at radius 3 is 2.52 bits per heavy atom. The molecule has 0 radical (unpaired) electrons. The summed E-state index contributed by atoms with van der Waals surface area (Å²) < 4.78 is 2.09. The first-order valence-electron chi connectivity index (χ1n) is 9.27. The van der Waals surface area contributed by atoms with E-state index in [0.717, 1.165) is 41.6 Å². The highest BCUT2D eigenvalue weighted by atomic mass is 32.2. The van der Waals surface area contributed by atoms with Gasteiger partial charge in [0.05, 0.1) is 5.75 Å². The highest BCUT2D eigenvalue weighted by molar-refractivity contribution is 7.99. The van der Waals surface area contributed by atoms with Crippen molar-refractivity contribution in [2.45, 2.75) is 37.3 Å². The van der Waals surface area contributed by atoms with E-state index in [0.29, 0.717) is 11.7 Å². The number of thioether (sulfide) groups is 1. The molecule has 0 saturated heterocycles. The minimum absolute atomic E-state index is 0.0418. The van der Waals surface area contributed by atoms with E-state index >= 15 is 0 Å². The number of hydrogen-bond acceptors (Lipinski definition) is 4. The zero-order valence-corrected chi connectivity index (χ0v) is 16.1. The number of aromatic nitrogens is 3. The van der Waals surface area contributed by atoms with Crippen LogP contribution < -0.4 is 5.32 Å². The van der Waals surface area contributed by atoms with Crippen molar-refractivity contribution in [2.24, 2.45) is 0 Å². The van der Waals surface area contributed by atoms with Gasteiger partial charge in [-0.1, -0.05) is 49.0 Å². The maximum atomic E-state index is 12.4. The van der Waals surface area contributed by atoms with Gasteiger partial charge in [-0.05, 0) is 49.1 Å². The van der Waals surface area contributed by atoms with E-state index in [4.69, 9.17) is 0 Å². The van der Waals surface area contributed by atoms with Crippen LogP contribution in [0.15, 0.2) is 59.8 Å². The average Bonchev–Trinajstić information content (AvgIpc) is 3.47. The maximum absolute atomic E-state index is 12.4. The number of para-hydroxylation sites is 1. The van der Waals surface area contributed by atoms with Crippen molar-refractivity contribution in [3.63, 3.8) is 0 Å². The lowest BCUT2D eigenvalue weighted by atomic mass is 10.1. The van der Waals surface area contributed by atoms with Gasteiger partial charge in [-0.25, -0.2) is 0 Å². The predicted octanol–water partition coefficient (Wildman–Crippen LogP) is 4.44. The zero-order valence-electron chi connectivity index (χ0n) is 15.3. The van der Waals surface area contributed by atoms with E-state index in [1.807, 2.05) is 42.5 Å². The van der Waals surface area contributed by atoms with Gasteiger partial charge in [0.15, 0.2) is 5.16 Å². The van der Waals surface area contributed by atoms with Crippen LogP contribution in [0.5, 0.6) is 0 Å². The average molecular weight is 379 g/mol. The van der Waals surface area contributed by atoms with Gasteiger partial charge in [0.2, 0.25) is 5.91 Å². The molecule has 2 aromatic carbocycles. The van der Waals surface area contributed by atoms with Gasteiger partial charge in [0.1, 0.15) is 5.82 Å². The van der Waals surface area contributed by atoms with Crippen molar-refractivity contribution >= 4 is 23.4 Å². The summed E-state index contributed by atoms with van der Waals surface area (Å²) in [7, 11) is 0. The summed E-state index contributed by atoms with van der Waals surface area (Å²) in [6, 6.07) is 18.1. The molecule has 1 aliphatic rings. The van der Waals surface area contributed by atoms with Crippen LogP contribution in [0.3, 0.4) is 0 Å². The molecule has 0 atom stereocenters. The molecule has 1 N–H and O–H groups in total. The molecule has 1 aliphatic carbocycles. The number of carbonyl (C=O) groups excluding carboxylic acids is 1. The normalized spacial score (nSPS) is 13.5. The molecule has 0 aliphatic heterocycles. The molecule has 4 rings (SSSR count). The van der Waals surface area contributed by atoms with Gasteiger partial charge in [0.25, 0.3) is 0 Å². The summed E-state index contributed by atoms with van der Waals surface area (Å²) in [5.74, 6) is 1.74. The fourth-order valence-electron chi connectivity index (χ4n) is 2.95. The van der Waals surface area contributed by atoms with E-state index in [-0.39, 0.29) is 5.91 Å². The molecule has 0 spiro atoms. The Morgan fingerprint density at radius 1 is 1.11 bits per heavy atom. The van der Waals surface area contributed by atoms with E-state index in [1.54, 1.807) is 0 Å². The fourth-order valence-corrected chi connectivity index (χ4v) is 3.71. The Morgan fingerprint density at radius 2 is 1.85 bits per heavy atom. The van der Waals surface area contributed by atoms with Crippen LogP contribution in [0, 0.1) is 0 Å². The number of nitrogens with one attached hydrogen (secondary N) is 1. The number of nitrogens with zero attached hydrogens (tertiary/aromatic N) is 3. The molecular weight excluding hydrogens is 356 g/mol. The number of amides is 1. The second kappa shape index (κ2) is 7.96. The van der Waals surface area contributed by atoms with Crippen LogP contribution in [-0.2, 0) is 11.2 Å². The highest BCUT2D eigenvalue weighted by Crippen LogP contribution is 2.41. The van der Waals surface area contributed by atoms with Crippen LogP contribution in [-0.4, -0.2) is 26.4 Å². The van der Waals surface area contributed by atoms with Gasteiger partial charge in [-0.15, -0.1) is 10.2 Å². The number of hydrogen-bond donors (Lipinski definition) is 1. The molecule has 6 heteroatoms.